The van der Waals surface area contributed by atoms with Gasteiger partial charge in [0.25, 0.3) is 5.91 Å². The molecule has 1 aromatic heterocycles. The first kappa shape index (κ1) is 13.5. The van der Waals surface area contributed by atoms with Crippen LogP contribution in [-0.4, -0.2) is 29.4 Å². The summed E-state index contributed by atoms with van der Waals surface area (Å²) in [7, 11) is 0. The molecule has 0 radical (unpaired) electrons. The quantitative estimate of drug-likeness (QED) is 0.595. The minimum Gasteiger partial charge on any atom is -0.353 e. The van der Waals surface area contributed by atoms with Crippen LogP contribution in [0.2, 0.25) is 0 Å². The molecule has 1 aromatic rings. The van der Waals surface area contributed by atoms with E-state index in [2.05, 4.69) is 15.6 Å². The smallest absolute Gasteiger partial charge is 0.252 e. The normalized spacial score (nSPS) is 13.9. The highest BCUT2D eigenvalue weighted by Gasteiger charge is 2.22. The van der Waals surface area contributed by atoms with E-state index in [-0.39, 0.29) is 11.8 Å². The van der Waals surface area contributed by atoms with Crippen LogP contribution in [0.5, 0.6) is 0 Å². The summed E-state index contributed by atoms with van der Waals surface area (Å²) in [6.07, 6.45) is 4.31. The number of rotatable bonds is 6. The Bertz CT molecular complexity index is 457. The van der Waals surface area contributed by atoms with Gasteiger partial charge >= 0.3 is 0 Å². The molecule has 2 N–H and O–H groups in total. The lowest BCUT2D eigenvalue weighted by Gasteiger charge is -2.05. The third-order valence-electron chi connectivity index (χ3n) is 2.80. The lowest BCUT2D eigenvalue weighted by atomic mass is 10.2. The van der Waals surface area contributed by atoms with Crippen LogP contribution >= 0.6 is 0 Å². The van der Waals surface area contributed by atoms with Crippen molar-refractivity contribution < 1.29 is 14.0 Å². The largest absolute Gasteiger partial charge is 0.353 e. The minimum atomic E-state index is -0.617. The highest BCUT2D eigenvalue weighted by atomic mass is 19.1. The number of aromatic nitrogens is 1. The fourth-order valence-electron chi connectivity index (χ4n) is 1.59. The monoisotopic (exact) mass is 265 g/mol. The predicted octanol–water partition coefficient (Wildman–Crippen LogP) is 1.01. The maximum atomic E-state index is 12.6. The van der Waals surface area contributed by atoms with E-state index >= 15 is 0 Å². The highest BCUT2D eigenvalue weighted by Crippen LogP contribution is 2.18. The molecule has 0 aliphatic heterocycles. The molecule has 6 heteroatoms. The van der Waals surface area contributed by atoms with Gasteiger partial charge in [0.15, 0.2) is 0 Å². The highest BCUT2D eigenvalue weighted by molar-refractivity contribution is 5.93. The van der Waals surface area contributed by atoms with E-state index in [0.717, 1.165) is 18.9 Å². The van der Waals surface area contributed by atoms with Crippen LogP contribution in [-0.2, 0) is 4.79 Å². The van der Waals surface area contributed by atoms with E-state index in [4.69, 9.17) is 0 Å². The van der Waals surface area contributed by atoms with E-state index in [9.17, 15) is 14.0 Å². The number of carbonyl (C=O) groups excluding carboxylic acids is 2. The maximum Gasteiger partial charge on any atom is 0.252 e. The number of nitrogens with zero attached hydrogens (tertiary/aromatic N) is 1. The number of pyridine rings is 1. The molecular weight excluding hydrogens is 249 g/mol. The van der Waals surface area contributed by atoms with Crippen molar-refractivity contribution in [1.82, 2.24) is 15.6 Å². The van der Waals surface area contributed by atoms with Gasteiger partial charge in [-0.15, -0.1) is 0 Å². The topological polar surface area (TPSA) is 71.1 Å². The molecule has 1 heterocycles. The molecule has 0 atom stereocenters. The molecule has 0 bridgehead atoms. The maximum absolute atomic E-state index is 12.6. The molecule has 0 spiro atoms. The summed E-state index contributed by atoms with van der Waals surface area (Å²) in [4.78, 5) is 26.4. The zero-order valence-corrected chi connectivity index (χ0v) is 10.5. The molecule has 0 unspecified atom stereocenters. The molecule has 2 amide bonds. The Kier molecular flexibility index (Phi) is 4.43. The second kappa shape index (κ2) is 6.26. The van der Waals surface area contributed by atoms with Gasteiger partial charge in [0.05, 0.1) is 5.56 Å². The van der Waals surface area contributed by atoms with Gasteiger partial charge in [0, 0.05) is 25.2 Å². The van der Waals surface area contributed by atoms with Crippen LogP contribution in [0, 0.1) is 5.95 Å². The van der Waals surface area contributed by atoms with Gasteiger partial charge in [-0.25, -0.2) is 4.98 Å². The average Bonchev–Trinajstić information content (AvgIpc) is 3.19. The molecule has 2 rings (SSSR count). The average molecular weight is 265 g/mol. The van der Waals surface area contributed by atoms with Gasteiger partial charge in [-0.05, 0) is 31.4 Å². The number of hydrogen-bond acceptors (Lipinski definition) is 3. The van der Waals surface area contributed by atoms with Gasteiger partial charge in [0.1, 0.15) is 0 Å². The van der Waals surface area contributed by atoms with Crippen molar-refractivity contribution in [2.24, 2.45) is 0 Å². The number of hydrogen-bond donors (Lipinski definition) is 2. The first-order valence-corrected chi connectivity index (χ1v) is 6.34. The molecule has 102 valence electrons. The second-order valence-corrected chi connectivity index (χ2v) is 4.57. The fourth-order valence-corrected chi connectivity index (χ4v) is 1.59. The first-order valence-electron chi connectivity index (χ1n) is 6.34. The molecule has 0 aromatic carbocycles. The summed E-state index contributed by atoms with van der Waals surface area (Å²) >= 11 is 0. The van der Waals surface area contributed by atoms with Crippen molar-refractivity contribution in [2.45, 2.75) is 31.7 Å². The Morgan fingerprint density at radius 2 is 2.16 bits per heavy atom. The lowest BCUT2D eigenvalue weighted by Crippen LogP contribution is -2.28. The molecule has 5 nitrogen and oxygen atoms in total. The summed E-state index contributed by atoms with van der Waals surface area (Å²) in [5.41, 5.74) is 0.309. The molecule has 1 saturated carbocycles. The summed E-state index contributed by atoms with van der Waals surface area (Å²) in [6, 6.07) is 2.88. The van der Waals surface area contributed by atoms with Crippen LogP contribution in [0.15, 0.2) is 18.3 Å². The van der Waals surface area contributed by atoms with Crippen molar-refractivity contribution >= 4 is 11.8 Å². The van der Waals surface area contributed by atoms with Crippen LogP contribution < -0.4 is 10.6 Å². The third kappa shape index (κ3) is 4.65. The van der Waals surface area contributed by atoms with Crippen molar-refractivity contribution in [2.75, 3.05) is 6.54 Å². The Morgan fingerprint density at radius 1 is 1.37 bits per heavy atom. The predicted molar refractivity (Wildman–Crippen MR) is 66.9 cm³/mol. The van der Waals surface area contributed by atoms with E-state index in [1.165, 1.54) is 12.3 Å². The fraction of sp³-hybridized carbons (Fsp3) is 0.462. The Morgan fingerprint density at radius 3 is 2.79 bits per heavy atom. The van der Waals surface area contributed by atoms with Crippen LogP contribution in [0.25, 0.3) is 0 Å². The van der Waals surface area contributed by atoms with Crippen molar-refractivity contribution in [3.05, 3.63) is 29.8 Å². The second-order valence-electron chi connectivity index (χ2n) is 4.57. The Hall–Kier alpha value is -1.98. The zero-order valence-electron chi connectivity index (χ0n) is 10.5. The zero-order chi connectivity index (χ0) is 13.7. The standard InChI is InChI=1S/C13H16FN3O2/c14-11-6-3-9(8-16-11)13(19)15-7-1-2-12(18)17-10-4-5-10/h3,6,8,10H,1-2,4-5,7H2,(H,15,19)(H,17,18). The Labute approximate surface area is 110 Å². The summed E-state index contributed by atoms with van der Waals surface area (Å²) in [5.74, 6) is -0.899. The number of nitrogens with one attached hydrogen (secondary N) is 2. The molecule has 1 aliphatic rings. The lowest BCUT2D eigenvalue weighted by molar-refractivity contribution is -0.121. The summed E-state index contributed by atoms with van der Waals surface area (Å²) in [6.45, 7) is 0.411. The van der Waals surface area contributed by atoms with Gasteiger partial charge in [0.2, 0.25) is 11.9 Å². The van der Waals surface area contributed by atoms with Crippen molar-refractivity contribution in [3.63, 3.8) is 0 Å². The molecule has 19 heavy (non-hydrogen) atoms. The van der Waals surface area contributed by atoms with Crippen molar-refractivity contribution in [1.29, 1.82) is 0 Å². The van der Waals surface area contributed by atoms with Gasteiger partial charge in [-0.1, -0.05) is 0 Å². The first-order chi connectivity index (χ1) is 9.15. The number of amides is 2. The van der Waals surface area contributed by atoms with Crippen LogP contribution in [0.3, 0.4) is 0 Å². The number of halogens is 1. The van der Waals surface area contributed by atoms with E-state index in [0.29, 0.717) is 31.0 Å². The van der Waals surface area contributed by atoms with Crippen molar-refractivity contribution in [3.8, 4) is 0 Å². The third-order valence-corrected chi connectivity index (χ3v) is 2.80. The summed E-state index contributed by atoms with van der Waals surface area (Å²) in [5, 5.41) is 5.54. The molecular formula is C13H16FN3O2. The summed E-state index contributed by atoms with van der Waals surface area (Å²) < 4.78 is 12.6. The Balaban J connectivity index is 1.63. The van der Waals surface area contributed by atoms with E-state index < -0.39 is 5.95 Å². The molecule has 1 aliphatic carbocycles. The number of carbonyl (C=O) groups is 2. The molecule has 0 saturated heterocycles. The van der Waals surface area contributed by atoms with E-state index in [1.54, 1.807) is 0 Å². The SMILES string of the molecule is O=C(CCCNC(=O)c1ccc(F)nc1)NC1CC1. The minimum absolute atomic E-state index is 0.0280. The van der Waals surface area contributed by atoms with Gasteiger partial charge in [-0.3, -0.25) is 9.59 Å². The van der Waals surface area contributed by atoms with Gasteiger partial charge < -0.3 is 10.6 Å². The van der Waals surface area contributed by atoms with Crippen LogP contribution in [0.1, 0.15) is 36.0 Å². The van der Waals surface area contributed by atoms with E-state index in [1.807, 2.05) is 0 Å². The molecule has 1 fully saturated rings. The van der Waals surface area contributed by atoms with Gasteiger partial charge in [-0.2, -0.15) is 4.39 Å². The van der Waals surface area contributed by atoms with Crippen LogP contribution in [0.4, 0.5) is 4.39 Å².